The number of aromatic amines is 1. The average Bonchev–Trinajstić information content (AvgIpc) is 2.93. The normalized spacial score (nSPS) is 11.2. The minimum atomic E-state index is 0.650. The van der Waals surface area contributed by atoms with Crippen molar-refractivity contribution in [2.24, 2.45) is 0 Å². The summed E-state index contributed by atoms with van der Waals surface area (Å²) in [4.78, 5) is 9.90. The molecule has 0 aliphatic rings. The zero-order valence-corrected chi connectivity index (χ0v) is 15.4. The van der Waals surface area contributed by atoms with E-state index in [2.05, 4.69) is 20.2 Å². The number of hydrogen-bond acceptors (Lipinski definition) is 3. The van der Waals surface area contributed by atoms with E-state index in [9.17, 15) is 0 Å². The highest BCUT2D eigenvalue weighted by atomic mass is 35.5. The van der Waals surface area contributed by atoms with E-state index in [4.69, 9.17) is 34.8 Å². The molecule has 24 heavy (non-hydrogen) atoms. The summed E-state index contributed by atoms with van der Waals surface area (Å²) >= 11 is 18.0. The molecule has 4 nitrogen and oxygen atoms in total. The van der Waals surface area contributed by atoms with Gasteiger partial charge in [-0.25, -0.2) is 4.98 Å². The molecule has 3 aromatic rings. The molecule has 2 N–H and O–H groups in total. The third-order valence-electron chi connectivity index (χ3n) is 3.67. The SMILES string of the molecule is CN(CCNCc1cc(Cl)cc(Cl)c1)c1nc2ccc(Cl)cc2[nH]1. The first-order valence-electron chi connectivity index (χ1n) is 7.53. The lowest BCUT2D eigenvalue weighted by molar-refractivity contribution is 0.675. The van der Waals surface area contributed by atoms with Crippen molar-refractivity contribution >= 4 is 51.8 Å². The monoisotopic (exact) mass is 382 g/mol. The van der Waals surface area contributed by atoms with Crippen molar-refractivity contribution < 1.29 is 0 Å². The number of fused-ring (bicyclic) bond motifs is 1. The van der Waals surface area contributed by atoms with Crippen molar-refractivity contribution in [3.05, 3.63) is 57.0 Å². The lowest BCUT2D eigenvalue weighted by atomic mass is 10.2. The first-order valence-corrected chi connectivity index (χ1v) is 8.67. The second-order valence-corrected chi connectivity index (χ2v) is 6.91. The number of benzene rings is 2. The summed E-state index contributed by atoms with van der Waals surface area (Å²) in [6.45, 7) is 2.32. The van der Waals surface area contributed by atoms with Crippen LogP contribution in [0.25, 0.3) is 11.0 Å². The molecule has 0 saturated carbocycles. The van der Waals surface area contributed by atoms with Crippen LogP contribution in [-0.2, 0) is 6.54 Å². The van der Waals surface area contributed by atoms with Crippen molar-refractivity contribution in [3.8, 4) is 0 Å². The van der Waals surface area contributed by atoms with Crippen molar-refractivity contribution in [2.75, 3.05) is 25.0 Å². The van der Waals surface area contributed by atoms with Crippen LogP contribution in [0.4, 0.5) is 5.95 Å². The van der Waals surface area contributed by atoms with Crippen LogP contribution in [0.1, 0.15) is 5.56 Å². The average molecular weight is 384 g/mol. The number of rotatable bonds is 6. The van der Waals surface area contributed by atoms with Gasteiger partial charge in [0, 0.05) is 41.7 Å². The number of anilines is 1. The van der Waals surface area contributed by atoms with Gasteiger partial charge in [-0.2, -0.15) is 0 Å². The fourth-order valence-electron chi connectivity index (χ4n) is 2.45. The highest BCUT2D eigenvalue weighted by molar-refractivity contribution is 6.34. The topological polar surface area (TPSA) is 44.0 Å². The zero-order chi connectivity index (χ0) is 17.1. The van der Waals surface area contributed by atoms with Crippen LogP contribution in [0.5, 0.6) is 0 Å². The third kappa shape index (κ3) is 4.33. The zero-order valence-electron chi connectivity index (χ0n) is 13.1. The molecule has 0 aliphatic carbocycles. The highest BCUT2D eigenvalue weighted by Gasteiger charge is 2.07. The fraction of sp³-hybridized carbons (Fsp3) is 0.235. The van der Waals surface area contributed by atoms with Crippen LogP contribution in [0.2, 0.25) is 15.1 Å². The van der Waals surface area contributed by atoms with Gasteiger partial charge in [-0.1, -0.05) is 34.8 Å². The number of likely N-dealkylation sites (N-methyl/N-ethyl adjacent to an activating group) is 1. The van der Waals surface area contributed by atoms with Gasteiger partial charge in [0.05, 0.1) is 11.0 Å². The van der Waals surface area contributed by atoms with Crippen molar-refractivity contribution in [2.45, 2.75) is 6.54 Å². The van der Waals surface area contributed by atoms with Crippen LogP contribution in [0.3, 0.4) is 0 Å². The first kappa shape index (κ1) is 17.4. The van der Waals surface area contributed by atoms with E-state index in [0.717, 1.165) is 35.6 Å². The van der Waals surface area contributed by atoms with E-state index in [-0.39, 0.29) is 0 Å². The molecule has 3 rings (SSSR count). The smallest absolute Gasteiger partial charge is 0.203 e. The molecule has 0 atom stereocenters. The van der Waals surface area contributed by atoms with Gasteiger partial charge in [0.25, 0.3) is 0 Å². The second-order valence-electron chi connectivity index (χ2n) is 5.60. The van der Waals surface area contributed by atoms with Crippen LogP contribution >= 0.6 is 34.8 Å². The summed E-state index contributed by atoms with van der Waals surface area (Å²) in [6, 6.07) is 11.2. The molecule has 0 spiro atoms. The van der Waals surface area contributed by atoms with Gasteiger partial charge in [-0.15, -0.1) is 0 Å². The van der Waals surface area contributed by atoms with E-state index < -0.39 is 0 Å². The molecule has 126 valence electrons. The van der Waals surface area contributed by atoms with Gasteiger partial charge < -0.3 is 15.2 Å². The van der Waals surface area contributed by atoms with E-state index >= 15 is 0 Å². The Balaban J connectivity index is 1.53. The summed E-state index contributed by atoms with van der Waals surface area (Å²) in [7, 11) is 2.00. The Morgan fingerprint density at radius 2 is 1.79 bits per heavy atom. The molecule has 0 saturated heterocycles. The Labute approximate surface area is 155 Å². The van der Waals surface area contributed by atoms with Crippen LogP contribution in [0.15, 0.2) is 36.4 Å². The van der Waals surface area contributed by atoms with Crippen molar-refractivity contribution in [1.29, 1.82) is 0 Å². The first-order chi connectivity index (χ1) is 11.5. The Hall–Kier alpha value is -1.46. The van der Waals surface area contributed by atoms with Gasteiger partial charge >= 0.3 is 0 Å². The van der Waals surface area contributed by atoms with Gasteiger partial charge in [0.15, 0.2) is 0 Å². The maximum atomic E-state index is 6.00. The number of hydrogen-bond donors (Lipinski definition) is 2. The van der Waals surface area contributed by atoms with Gasteiger partial charge in [0.2, 0.25) is 5.95 Å². The standard InChI is InChI=1S/C17H17Cl3N4/c1-24(17-22-15-3-2-12(18)9-16(15)23-17)5-4-21-10-11-6-13(19)8-14(20)7-11/h2-3,6-9,21H,4-5,10H2,1H3,(H,22,23). The molecule has 1 aromatic heterocycles. The molecule has 0 aliphatic heterocycles. The molecular weight excluding hydrogens is 367 g/mol. The number of H-pyrrole nitrogens is 1. The quantitative estimate of drug-likeness (QED) is 0.604. The summed E-state index contributed by atoms with van der Waals surface area (Å²) in [5.74, 6) is 0.819. The Morgan fingerprint density at radius 3 is 2.54 bits per heavy atom. The maximum Gasteiger partial charge on any atom is 0.203 e. The number of nitrogens with one attached hydrogen (secondary N) is 2. The van der Waals surface area contributed by atoms with Crippen molar-refractivity contribution in [1.82, 2.24) is 15.3 Å². The van der Waals surface area contributed by atoms with E-state index in [1.807, 2.05) is 37.4 Å². The van der Waals surface area contributed by atoms with Crippen molar-refractivity contribution in [3.63, 3.8) is 0 Å². The summed E-state index contributed by atoms with van der Waals surface area (Å²) in [6.07, 6.45) is 0. The molecular formula is C17H17Cl3N4. The van der Waals surface area contributed by atoms with E-state index in [0.29, 0.717) is 21.6 Å². The molecule has 0 radical (unpaired) electrons. The Kier molecular flexibility index (Phi) is 5.51. The molecule has 1 heterocycles. The van der Waals surface area contributed by atoms with Crippen LogP contribution < -0.4 is 10.2 Å². The predicted octanol–water partition coefficient (Wildman–Crippen LogP) is 4.75. The summed E-state index contributed by atoms with van der Waals surface area (Å²) in [5.41, 5.74) is 2.90. The molecule has 0 bridgehead atoms. The number of imidazole rings is 1. The van der Waals surface area contributed by atoms with E-state index in [1.54, 1.807) is 6.07 Å². The van der Waals surface area contributed by atoms with Gasteiger partial charge in [0.1, 0.15) is 0 Å². The van der Waals surface area contributed by atoms with Gasteiger partial charge in [-0.05, 0) is 42.0 Å². The van der Waals surface area contributed by atoms with Gasteiger partial charge in [-0.3, -0.25) is 0 Å². The Morgan fingerprint density at radius 1 is 1.04 bits per heavy atom. The third-order valence-corrected chi connectivity index (χ3v) is 4.34. The molecule has 0 unspecified atom stereocenters. The Bertz CT molecular complexity index is 827. The lowest BCUT2D eigenvalue weighted by Crippen LogP contribution is -2.29. The number of aromatic nitrogens is 2. The molecule has 2 aromatic carbocycles. The molecule has 0 fully saturated rings. The minimum absolute atomic E-state index is 0.650. The summed E-state index contributed by atoms with van der Waals surface area (Å²) in [5, 5.41) is 5.38. The maximum absolute atomic E-state index is 6.00. The second kappa shape index (κ2) is 7.62. The van der Waals surface area contributed by atoms with Crippen LogP contribution in [-0.4, -0.2) is 30.1 Å². The van der Waals surface area contributed by atoms with E-state index in [1.165, 1.54) is 0 Å². The minimum Gasteiger partial charge on any atom is -0.344 e. The number of nitrogens with zero attached hydrogens (tertiary/aromatic N) is 2. The molecule has 0 amide bonds. The lowest BCUT2D eigenvalue weighted by Gasteiger charge is -2.16. The van der Waals surface area contributed by atoms with Crippen LogP contribution in [0, 0.1) is 0 Å². The summed E-state index contributed by atoms with van der Waals surface area (Å²) < 4.78 is 0. The predicted molar refractivity (Wildman–Crippen MR) is 103 cm³/mol. The molecule has 7 heteroatoms. The number of halogens is 3. The largest absolute Gasteiger partial charge is 0.344 e. The highest BCUT2D eigenvalue weighted by Crippen LogP contribution is 2.20. The fourth-order valence-corrected chi connectivity index (χ4v) is 3.19.